The Balaban J connectivity index is 2.91. The summed E-state index contributed by atoms with van der Waals surface area (Å²) >= 11 is 0. The lowest BCUT2D eigenvalue weighted by Gasteiger charge is -2.19. The second-order valence-corrected chi connectivity index (χ2v) is 4.53. The molecule has 0 aliphatic carbocycles. The van der Waals surface area contributed by atoms with E-state index in [0.717, 1.165) is 0 Å². The smallest absolute Gasteiger partial charge is 0.255 e. The van der Waals surface area contributed by atoms with Crippen LogP contribution in [-0.4, -0.2) is 24.5 Å². The van der Waals surface area contributed by atoms with Gasteiger partial charge in [-0.1, -0.05) is 26.0 Å². The molecule has 5 heteroatoms. The highest BCUT2D eigenvalue weighted by Gasteiger charge is 2.23. The lowest BCUT2D eigenvalue weighted by molar-refractivity contribution is -0.120. The predicted octanol–water partition coefficient (Wildman–Crippen LogP) is 1.32. The molecule has 2 amide bonds. The van der Waals surface area contributed by atoms with Crippen LogP contribution < -0.4 is 15.8 Å². The van der Waals surface area contributed by atoms with E-state index < -0.39 is 11.9 Å². The highest BCUT2D eigenvalue weighted by molar-refractivity contribution is 5.99. The molecule has 1 atom stereocenters. The summed E-state index contributed by atoms with van der Waals surface area (Å²) in [5.74, 6) is -0.478. The van der Waals surface area contributed by atoms with E-state index in [4.69, 9.17) is 10.5 Å². The molecule has 19 heavy (non-hydrogen) atoms. The van der Waals surface area contributed by atoms with Crippen molar-refractivity contribution in [2.75, 3.05) is 6.61 Å². The van der Waals surface area contributed by atoms with E-state index in [1.54, 1.807) is 24.3 Å². The Morgan fingerprint density at radius 2 is 1.95 bits per heavy atom. The fraction of sp³-hybridized carbons (Fsp3) is 0.429. The van der Waals surface area contributed by atoms with Crippen molar-refractivity contribution in [2.45, 2.75) is 26.8 Å². The van der Waals surface area contributed by atoms with Crippen LogP contribution >= 0.6 is 0 Å². The van der Waals surface area contributed by atoms with Crippen LogP contribution in [0.25, 0.3) is 0 Å². The number of nitrogens with one attached hydrogen (secondary N) is 1. The highest BCUT2D eigenvalue weighted by Crippen LogP contribution is 2.18. The van der Waals surface area contributed by atoms with Gasteiger partial charge in [0.05, 0.1) is 12.2 Å². The summed E-state index contributed by atoms with van der Waals surface area (Å²) < 4.78 is 5.38. The normalized spacial score (nSPS) is 12.0. The molecule has 0 bridgehead atoms. The quantitative estimate of drug-likeness (QED) is 0.813. The van der Waals surface area contributed by atoms with E-state index >= 15 is 0 Å². The molecule has 0 fully saturated rings. The van der Waals surface area contributed by atoms with Gasteiger partial charge in [0, 0.05) is 0 Å². The fourth-order valence-electron chi connectivity index (χ4n) is 1.72. The van der Waals surface area contributed by atoms with E-state index in [0.29, 0.717) is 17.9 Å². The Kier molecular flexibility index (Phi) is 5.36. The molecule has 0 saturated heterocycles. The van der Waals surface area contributed by atoms with Crippen LogP contribution in [0.1, 0.15) is 31.1 Å². The summed E-state index contributed by atoms with van der Waals surface area (Å²) in [4.78, 5) is 23.5. The molecule has 1 rings (SSSR count). The third-order valence-corrected chi connectivity index (χ3v) is 2.69. The first-order valence-electron chi connectivity index (χ1n) is 6.29. The van der Waals surface area contributed by atoms with E-state index in [1.807, 2.05) is 20.8 Å². The largest absolute Gasteiger partial charge is 0.493 e. The summed E-state index contributed by atoms with van der Waals surface area (Å²) in [5.41, 5.74) is 5.68. The Morgan fingerprint density at radius 3 is 2.47 bits per heavy atom. The Morgan fingerprint density at radius 1 is 1.32 bits per heavy atom. The lowest BCUT2D eigenvalue weighted by atomic mass is 10.0. The minimum absolute atomic E-state index is 0.0688. The van der Waals surface area contributed by atoms with E-state index in [9.17, 15) is 9.59 Å². The van der Waals surface area contributed by atoms with Crippen molar-refractivity contribution in [3.8, 4) is 5.75 Å². The van der Waals surface area contributed by atoms with Crippen LogP contribution in [0, 0.1) is 5.92 Å². The van der Waals surface area contributed by atoms with E-state index in [-0.39, 0.29) is 11.8 Å². The molecule has 1 aromatic rings. The van der Waals surface area contributed by atoms with Gasteiger partial charge in [0.25, 0.3) is 5.91 Å². The number of ether oxygens (including phenoxy) is 1. The van der Waals surface area contributed by atoms with Crippen molar-refractivity contribution in [1.29, 1.82) is 0 Å². The third-order valence-electron chi connectivity index (χ3n) is 2.69. The van der Waals surface area contributed by atoms with Crippen molar-refractivity contribution in [3.63, 3.8) is 0 Å². The van der Waals surface area contributed by atoms with Gasteiger partial charge in [-0.05, 0) is 25.0 Å². The Hall–Kier alpha value is -2.04. The van der Waals surface area contributed by atoms with Gasteiger partial charge in [-0.15, -0.1) is 0 Å². The van der Waals surface area contributed by atoms with E-state index in [2.05, 4.69) is 5.32 Å². The summed E-state index contributed by atoms with van der Waals surface area (Å²) in [5, 5.41) is 2.64. The van der Waals surface area contributed by atoms with Crippen molar-refractivity contribution >= 4 is 11.8 Å². The van der Waals surface area contributed by atoms with Gasteiger partial charge in [0.15, 0.2) is 0 Å². The monoisotopic (exact) mass is 264 g/mol. The van der Waals surface area contributed by atoms with Crippen LogP contribution in [0.5, 0.6) is 5.75 Å². The molecule has 0 saturated carbocycles. The first kappa shape index (κ1) is 15.0. The number of nitrogens with two attached hydrogens (primary N) is 1. The molecule has 3 N–H and O–H groups in total. The van der Waals surface area contributed by atoms with Gasteiger partial charge >= 0.3 is 0 Å². The topological polar surface area (TPSA) is 81.4 Å². The zero-order valence-corrected chi connectivity index (χ0v) is 11.5. The number of hydrogen-bond acceptors (Lipinski definition) is 3. The van der Waals surface area contributed by atoms with Crippen molar-refractivity contribution in [3.05, 3.63) is 29.8 Å². The number of amides is 2. The maximum absolute atomic E-state index is 12.2. The predicted molar refractivity (Wildman–Crippen MR) is 72.9 cm³/mol. The molecular weight excluding hydrogens is 244 g/mol. The van der Waals surface area contributed by atoms with Crippen molar-refractivity contribution in [1.82, 2.24) is 5.32 Å². The molecule has 0 aromatic heterocycles. The maximum Gasteiger partial charge on any atom is 0.255 e. The summed E-state index contributed by atoms with van der Waals surface area (Å²) in [6, 6.07) is 6.20. The van der Waals surface area contributed by atoms with Gasteiger partial charge in [0.1, 0.15) is 11.8 Å². The number of hydrogen-bond donors (Lipinski definition) is 2. The summed E-state index contributed by atoms with van der Waals surface area (Å²) in [6.45, 7) is 5.96. The molecule has 0 radical (unpaired) electrons. The van der Waals surface area contributed by atoms with Gasteiger partial charge in [-0.2, -0.15) is 0 Å². The molecule has 5 nitrogen and oxygen atoms in total. The zero-order chi connectivity index (χ0) is 14.4. The second-order valence-electron chi connectivity index (χ2n) is 4.53. The average Bonchev–Trinajstić information content (AvgIpc) is 2.36. The number of primary amides is 1. The lowest BCUT2D eigenvalue weighted by Crippen LogP contribution is -2.47. The average molecular weight is 264 g/mol. The summed E-state index contributed by atoms with van der Waals surface area (Å²) in [6.07, 6.45) is 0. The molecule has 1 unspecified atom stereocenters. The highest BCUT2D eigenvalue weighted by atomic mass is 16.5. The van der Waals surface area contributed by atoms with Crippen molar-refractivity contribution in [2.24, 2.45) is 11.7 Å². The molecule has 0 spiro atoms. The van der Waals surface area contributed by atoms with Gasteiger partial charge < -0.3 is 15.8 Å². The van der Waals surface area contributed by atoms with E-state index in [1.165, 1.54) is 0 Å². The first-order valence-corrected chi connectivity index (χ1v) is 6.29. The van der Waals surface area contributed by atoms with Crippen molar-refractivity contribution < 1.29 is 14.3 Å². The number of benzene rings is 1. The Labute approximate surface area is 113 Å². The minimum Gasteiger partial charge on any atom is -0.493 e. The van der Waals surface area contributed by atoms with Crippen LogP contribution in [0.4, 0.5) is 0 Å². The zero-order valence-electron chi connectivity index (χ0n) is 11.5. The minimum atomic E-state index is -0.692. The van der Waals surface area contributed by atoms with Gasteiger partial charge in [-0.3, -0.25) is 9.59 Å². The molecule has 0 heterocycles. The molecular formula is C14H20N2O3. The number of rotatable bonds is 6. The Bertz CT molecular complexity index is 458. The summed E-state index contributed by atoms with van der Waals surface area (Å²) in [7, 11) is 0. The van der Waals surface area contributed by atoms with Crippen LogP contribution in [0.15, 0.2) is 24.3 Å². The van der Waals surface area contributed by atoms with Gasteiger partial charge in [-0.25, -0.2) is 0 Å². The van der Waals surface area contributed by atoms with Crippen LogP contribution in [0.3, 0.4) is 0 Å². The SMILES string of the molecule is CCOc1ccccc1C(=O)NC(C(N)=O)C(C)C. The standard InChI is InChI=1S/C14H20N2O3/c1-4-19-11-8-6-5-7-10(11)14(18)16-12(9(2)3)13(15)17/h5-9,12H,4H2,1-3H3,(H2,15,17)(H,16,18). The number of para-hydroxylation sites is 1. The van der Waals surface area contributed by atoms with Crippen LogP contribution in [-0.2, 0) is 4.79 Å². The van der Waals surface area contributed by atoms with Gasteiger partial charge in [0.2, 0.25) is 5.91 Å². The van der Waals surface area contributed by atoms with Crippen LogP contribution in [0.2, 0.25) is 0 Å². The third kappa shape index (κ3) is 3.98. The number of carbonyl (C=O) groups excluding carboxylic acids is 2. The molecule has 0 aliphatic rings. The molecule has 104 valence electrons. The first-order chi connectivity index (χ1) is 8.97. The molecule has 0 aliphatic heterocycles. The number of carbonyl (C=O) groups is 2. The fourth-order valence-corrected chi connectivity index (χ4v) is 1.72. The molecule has 1 aromatic carbocycles. The second kappa shape index (κ2) is 6.78. The maximum atomic E-state index is 12.2.